The highest BCUT2D eigenvalue weighted by atomic mass is 16.6. The average Bonchev–Trinajstić information content (AvgIpc) is 3.58. The summed E-state index contributed by atoms with van der Waals surface area (Å²) in [7, 11) is 0. The molecule has 1 saturated heterocycles. The van der Waals surface area contributed by atoms with Crippen LogP contribution in [-0.4, -0.2) is 80.6 Å². The number of fused-ring (bicyclic) bond motifs is 4. The normalized spacial score (nSPS) is 35.2. The summed E-state index contributed by atoms with van der Waals surface area (Å²) < 4.78 is 11.8. The number of carbonyl (C=O) groups is 3. The second-order valence-corrected chi connectivity index (χ2v) is 12.0. The Morgan fingerprint density at radius 1 is 0.907 bits per heavy atom. The van der Waals surface area contributed by atoms with Crippen LogP contribution in [0.25, 0.3) is 0 Å². The Bertz CT molecular complexity index is 1710. The molecule has 0 amide bonds. The van der Waals surface area contributed by atoms with Crippen molar-refractivity contribution in [2.24, 2.45) is 25.4 Å². The summed E-state index contributed by atoms with van der Waals surface area (Å²) in [5.74, 6) is -1.47. The van der Waals surface area contributed by atoms with Crippen LogP contribution in [0.5, 0.6) is 0 Å². The Morgan fingerprint density at radius 2 is 1.60 bits per heavy atom. The van der Waals surface area contributed by atoms with Gasteiger partial charge in [-0.05, 0) is 82.2 Å². The zero-order valence-electron chi connectivity index (χ0n) is 24.7. The molecule has 222 valence electrons. The molecule has 2 N–H and O–H groups in total. The SMILES string of the molecule is CC(=O)O[C@@H]1C[C@@H](O)[C@@H](C)O[C@H]1[C@@]1(C)C(=O)C2=NC1=CC1=NC(=CC3=NC(=CC4=NC(=C2)C=C4C)[C@@](C)(O)C3=O)C(C)=C1. The Kier molecular flexibility index (Phi) is 6.68. The fourth-order valence-electron chi connectivity index (χ4n) is 6.04. The van der Waals surface area contributed by atoms with Gasteiger partial charge >= 0.3 is 5.97 Å². The largest absolute Gasteiger partial charge is 0.460 e. The number of aliphatic hydroxyl groups excluding tert-OH is 1. The van der Waals surface area contributed by atoms with Crippen molar-refractivity contribution >= 4 is 40.4 Å². The monoisotopic (exact) mass is 584 g/mol. The third-order valence-electron chi connectivity index (χ3n) is 8.64. The Hall–Kier alpha value is -4.19. The maximum Gasteiger partial charge on any atom is 0.302 e. The van der Waals surface area contributed by atoms with Gasteiger partial charge in [0.15, 0.2) is 11.4 Å². The highest BCUT2D eigenvalue weighted by Crippen LogP contribution is 2.46. The van der Waals surface area contributed by atoms with Crippen molar-refractivity contribution in [3.05, 3.63) is 70.4 Å². The van der Waals surface area contributed by atoms with E-state index in [1.165, 1.54) is 19.9 Å². The van der Waals surface area contributed by atoms with Crippen molar-refractivity contribution in [2.75, 3.05) is 0 Å². The number of esters is 1. The number of hydrogen-bond acceptors (Lipinski definition) is 11. The number of rotatable bonds is 2. The average molecular weight is 585 g/mol. The molecule has 6 heterocycles. The first kappa shape index (κ1) is 28.9. The van der Waals surface area contributed by atoms with Crippen LogP contribution in [0.4, 0.5) is 0 Å². The first-order chi connectivity index (χ1) is 20.2. The van der Waals surface area contributed by atoms with Gasteiger partial charge in [0.25, 0.3) is 0 Å². The predicted octanol–water partition coefficient (Wildman–Crippen LogP) is 2.61. The highest BCUT2D eigenvalue weighted by Gasteiger charge is 2.57. The Balaban J connectivity index is 1.54. The molecule has 0 aliphatic carbocycles. The van der Waals surface area contributed by atoms with Crippen molar-refractivity contribution in [3.8, 4) is 0 Å². The number of Topliss-reactive ketones (excluding diaryl/α,β-unsaturated/α-hetero) is 2. The standard InChI is InChI=1S/C32H32N4O7/c1-14-8-19-10-26-31(5,30-25(43-17(4)37)13-24(38)16(3)42-30)28(39)22(35-26)9-18-7-15(2)21(33-18)12-27-32(6,41)29(40)23(36-27)11-20(14)34-19/h7-12,16,24-25,30,38,41H,13H2,1-6H3/t16-,24-,25-,30-,31-,32-/m1/s1. The molecule has 1 fully saturated rings. The molecule has 43 heavy (non-hydrogen) atoms. The van der Waals surface area contributed by atoms with Crippen LogP contribution >= 0.6 is 0 Å². The maximum absolute atomic E-state index is 14.3. The van der Waals surface area contributed by atoms with Gasteiger partial charge in [0, 0.05) is 13.3 Å². The highest BCUT2D eigenvalue weighted by molar-refractivity contribution is 6.50. The number of aliphatic imine (C=N–C) groups is 4. The Morgan fingerprint density at radius 3 is 2.33 bits per heavy atom. The van der Waals surface area contributed by atoms with E-state index in [-0.39, 0.29) is 29.3 Å². The molecule has 0 aromatic heterocycles. The van der Waals surface area contributed by atoms with Crippen LogP contribution in [0, 0.1) is 5.41 Å². The number of ether oxygens (including phenoxy) is 2. The summed E-state index contributed by atoms with van der Waals surface area (Å²) in [5.41, 5.74) is 0.789. The lowest BCUT2D eigenvalue weighted by Gasteiger charge is -2.44. The van der Waals surface area contributed by atoms with Gasteiger partial charge in [0.1, 0.15) is 29.0 Å². The topological polar surface area (TPSA) is 160 Å². The molecule has 0 aromatic carbocycles. The molecule has 6 atom stereocenters. The van der Waals surface area contributed by atoms with Gasteiger partial charge in [-0.1, -0.05) is 0 Å². The molecular weight excluding hydrogens is 552 g/mol. The molecule has 0 saturated carbocycles. The summed E-state index contributed by atoms with van der Waals surface area (Å²) >= 11 is 0. The molecule has 11 heteroatoms. The molecular formula is C32H32N4O7. The van der Waals surface area contributed by atoms with Gasteiger partial charge in [-0.15, -0.1) is 0 Å². The Labute approximate surface area is 248 Å². The van der Waals surface area contributed by atoms with Crippen molar-refractivity contribution in [1.29, 1.82) is 0 Å². The lowest BCUT2D eigenvalue weighted by molar-refractivity contribution is -0.206. The van der Waals surface area contributed by atoms with Crippen molar-refractivity contribution in [2.45, 2.75) is 78.0 Å². The quantitative estimate of drug-likeness (QED) is 0.472. The minimum atomic E-state index is -1.84. The summed E-state index contributed by atoms with van der Waals surface area (Å²) in [4.78, 5) is 58.0. The van der Waals surface area contributed by atoms with Crippen molar-refractivity contribution < 1.29 is 34.1 Å². The van der Waals surface area contributed by atoms with Gasteiger partial charge in [-0.25, -0.2) is 20.0 Å². The maximum atomic E-state index is 14.3. The van der Waals surface area contributed by atoms with E-state index in [0.29, 0.717) is 28.5 Å². The zero-order valence-corrected chi connectivity index (χ0v) is 24.7. The predicted molar refractivity (Wildman–Crippen MR) is 159 cm³/mol. The summed E-state index contributed by atoms with van der Waals surface area (Å²) in [5, 5.41) is 21.6. The van der Waals surface area contributed by atoms with E-state index in [9.17, 15) is 24.6 Å². The number of carbonyl (C=O) groups excluding carboxylic acids is 3. The van der Waals surface area contributed by atoms with Gasteiger partial charge < -0.3 is 19.7 Å². The number of allylic oxidation sites excluding steroid dienone is 8. The molecule has 6 aliphatic heterocycles. The van der Waals surface area contributed by atoms with E-state index in [2.05, 4.69) is 15.0 Å². The van der Waals surface area contributed by atoms with Crippen LogP contribution in [-0.2, 0) is 23.9 Å². The smallest absolute Gasteiger partial charge is 0.302 e. The lowest BCUT2D eigenvalue weighted by Crippen LogP contribution is -2.57. The molecule has 6 rings (SSSR count). The number of hydrogen-bond donors (Lipinski definition) is 2. The van der Waals surface area contributed by atoms with Gasteiger partial charge in [-0.2, -0.15) is 0 Å². The first-order valence-corrected chi connectivity index (χ1v) is 14.1. The molecule has 0 radical (unpaired) electrons. The fourth-order valence-corrected chi connectivity index (χ4v) is 6.04. The van der Waals surface area contributed by atoms with Crippen molar-refractivity contribution in [3.63, 3.8) is 0 Å². The second kappa shape index (κ2) is 9.94. The van der Waals surface area contributed by atoms with E-state index in [1.54, 1.807) is 44.2 Å². The van der Waals surface area contributed by atoms with Crippen LogP contribution in [0.2, 0.25) is 0 Å². The summed E-state index contributed by atoms with van der Waals surface area (Å²) in [6.07, 6.45) is 6.61. The molecule has 0 unspecified atom stereocenters. The lowest BCUT2D eigenvalue weighted by atomic mass is 9.73. The second-order valence-electron chi connectivity index (χ2n) is 12.0. The van der Waals surface area contributed by atoms with E-state index >= 15 is 0 Å². The molecule has 8 bridgehead atoms. The minimum Gasteiger partial charge on any atom is -0.460 e. The third kappa shape index (κ3) is 4.68. The summed E-state index contributed by atoms with van der Waals surface area (Å²) in [6.45, 7) is 9.72. The molecule has 0 aromatic rings. The number of aliphatic hydroxyl groups is 2. The third-order valence-corrected chi connectivity index (χ3v) is 8.64. The van der Waals surface area contributed by atoms with Gasteiger partial charge in [0.2, 0.25) is 5.78 Å². The minimum absolute atomic E-state index is 0.0632. The van der Waals surface area contributed by atoms with Gasteiger partial charge in [-0.3, -0.25) is 14.4 Å². The molecule has 0 spiro atoms. The fraction of sp³-hybridized carbons (Fsp3) is 0.406. The van der Waals surface area contributed by atoms with E-state index in [4.69, 9.17) is 14.5 Å². The van der Waals surface area contributed by atoms with E-state index in [0.717, 1.165) is 11.1 Å². The van der Waals surface area contributed by atoms with E-state index < -0.39 is 47.2 Å². The molecule has 11 nitrogen and oxygen atoms in total. The van der Waals surface area contributed by atoms with Gasteiger partial charge in [0.05, 0.1) is 46.4 Å². The zero-order chi connectivity index (χ0) is 31.0. The first-order valence-electron chi connectivity index (χ1n) is 14.1. The summed E-state index contributed by atoms with van der Waals surface area (Å²) in [6, 6.07) is 0. The van der Waals surface area contributed by atoms with Crippen molar-refractivity contribution in [1.82, 2.24) is 0 Å². The van der Waals surface area contributed by atoms with Crippen LogP contribution < -0.4 is 0 Å². The van der Waals surface area contributed by atoms with Crippen LogP contribution in [0.1, 0.15) is 48.0 Å². The molecule has 6 aliphatic rings. The van der Waals surface area contributed by atoms with Crippen LogP contribution in [0.3, 0.4) is 0 Å². The van der Waals surface area contributed by atoms with Crippen LogP contribution in [0.15, 0.2) is 90.4 Å². The number of ketones is 2. The van der Waals surface area contributed by atoms with E-state index in [1.807, 2.05) is 13.8 Å². The number of nitrogens with zero attached hydrogens (tertiary/aromatic N) is 4.